The van der Waals surface area contributed by atoms with Crippen molar-refractivity contribution in [2.24, 2.45) is 15.9 Å². The molecule has 0 fully saturated rings. The van der Waals surface area contributed by atoms with E-state index in [9.17, 15) is 4.79 Å². The molecule has 0 saturated heterocycles. The highest BCUT2D eigenvalue weighted by Gasteiger charge is 2.13. The lowest BCUT2D eigenvalue weighted by atomic mass is 10.1. The van der Waals surface area contributed by atoms with Crippen LogP contribution < -0.4 is 16.4 Å². The van der Waals surface area contributed by atoms with Gasteiger partial charge in [0.05, 0.1) is 17.6 Å². The zero-order valence-corrected chi connectivity index (χ0v) is 11.2. The number of carbonyl (C=O) groups is 1. The molecule has 0 radical (unpaired) electrons. The van der Waals surface area contributed by atoms with E-state index < -0.39 is 12.0 Å². The van der Waals surface area contributed by atoms with Gasteiger partial charge >= 0.3 is 5.97 Å². The van der Waals surface area contributed by atoms with Gasteiger partial charge < -0.3 is 10.8 Å². The zero-order chi connectivity index (χ0) is 14.5. The highest BCUT2D eigenvalue weighted by atomic mass is 16.4. The number of carboxylic acids is 1. The van der Waals surface area contributed by atoms with Crippen LogP contribution in [0.4, 0.5) is 5.69 Å². The minimum atomic E-state index is -1.00. The van der Waals surface area contributed by atoms with Crippen LogP contribution in [0.25, 0.3) is 0 Å². The molecule has 1 aromatic carbocycles. The van der Waals surface area contributed by atoms with E-state index >= 15 is 0 Å². The molecule has 0 bridgehead atoms. The third-order valence-corrected chi connectivity index (χ3v) is 2.93. The number of anilines is 1. The summed E-state index contributed by atoms with van der Waals surface area (Å²) in [6, 6.07) is 6.44. The standard InChI is InChI=1S/C13H17N5O2/c1-2-10-8-15-18(17-16-10)11-5-3-9(4-6-11)7-12(14)13(19)20/h3-6,8,12,17H,2,7,14H2,1H3,(H,19,20). The first kappa shape index (κ1) is 14.0. The number of nitrogens with two attached hydrogens (primary N) is 1. The number of hydrazine groups is 1. The van der Waals surface area contributed by atoms with Crippen LogP contribution in [0.2, 0.25) is 0 Å². The highest BCUT2D eigenvalue weighted by Crippen LogP contribution is 2.15. The Morgan fingerprint density at radius 1 is 1.45 bits per heavy atom. The van der Waals surface area contributed by atoms with Gasteiger partial charge in [0.1, 0.15) is 6.04 Å². The van der Waals surface area contributed by atoms with Gasteiger partial charge in [-0.25, -0.2) is 0 Å². The molecular weight excluding hydrogens is 258 g/mol. The first-order valence-corrected chi connectivity index (χ1v) is 6.33. The van der Waals surface area contributed by atoms with Crippen molar-refractivity contribution in [2.75, 3.05) is 5.12 Å². The van der Waals surface area contributed by atoms with Gasteiger partial charge in [0, 0.05) is 0 Å². The van der Waals surface area contributed by atoms with E-state index in [-0.39, 0.29) is 0 Å². The number of nitrogens with one attached hydrogen (secondary N) is 1. The van der Waals surface area contributed by atoms with Crippen LogP contribution in [0.1, 0.15) is 18.9 Å². The molecule has 106 valence electrons. The second kappa shape index (κ2) is 6.16. The second-order valence-corrected chi connectivity index (χ2v) is 4.43. The Kier molecular flexibility index (Phi) is 4.31. The summed E-state index contributed by atoms with van der Waals surface area (Å²) >= 11 is 0. The number of carboxylic acid groups (broad SMARTS) is 1. The van der Waals surface area contributed by atoms with Gasteiger partial charge in [-0.2, -0.15) is 20.9 Å². The molecule has 2 rings (SSSR count). The summed E-state index contributed by atoms with van der Waals surface area (Å²) in [7, 11) is 0. The molecule has 7 nitrogen and oxygen atoms in total. The maximum Gasteiger partial charge on any atom is 0.320 e. The van der Waals surface area contributed by atoms with Gasteiger partial charge in [-0.05, 0) is 30.5 Å². The number of benzene rings is 1. The fraction of sp³-hybridized carbons (Fsp3) is 0.308. The molecule has 1 aliphatic rings. The largest absolute Gasteiger partial charge is 0.480 e. The van der Waals surface area contributed by atoms with Crippen molar-refractivity contribution < 1.29 is 9.90 Å². The van der Waals surface area contributed by atoms with Crippen molar-refractivity contribution in [1.82, 2.24) is 5.53 Å². The Hall–Kier alpha value is -2.41. The Labute approximate surface area is 116 Å². The van der Waals surface area contributed by atoms with Crippen LogP contribution in [-0.4, -0.2) is 29.0 Å². The van der Waals surface area contributed by atoms with Gasteiger partial charge in [-0.3, -0.25) is 4.79 Å². The van der Waals surface area contributed by atoms with Crippen molar-refractivity contribution >= 4 is 23.6 Å². The second-order valence-electron chi connectivity index (χ2n) is 4.43. The Morgan fingerprint density at radius 2 is 2.15 bits per heavy atom. The van der Waals surface area contributed by atoms with E-state index in [1.54, 1.807) is 11.3 Å². The van der Waals surface area contributed by atoms with Crippen LogP contribution in [0.3, 0.4) is 0 Å². The molecule has 0 spiro atoms. The minimum absolute atomic E-state index is 0.296. The molecule has 0 saturated carbocycles. The summed E-state index contributed by atoms with van der Waals surface area (Å²) in [4.78, 5) is 10.7. The van der Waals surface area contributed by atoms with E-state index in [0.29, 0.717) is 6.42 Å². The van der Waals surface area contributed by atoms with Gasteiger partial charge in [0.15, 0.2) is 0 Å². The van der Waals surface area contributed by atoms with Crippen LogP contribution in [0, 0.1) is 0 Å². The number of rotatable bonds is 5. The summed E-state index contributed by atoms with van der Waals surface area (Å²) in [6.45, 7) is 2.00. The fourth-order valence-corrected chi connectivity index (χ4v) is 1.70. The maximum atomic E-state index is 10.7. The van der Waals surface area contributed by atoms with Gasteiger partial charge in [-0.15, -0.1) is 0 Å². The molecule has 0 amide bonds. The lowest BCUT2D eigenvalue weighted by molar-refractivity contribution is -0.138. The molecule has 1 atom stereocenters. The molecular formula is C13H17N5O2. The smallest absolute Gasteiger partial charge is 0.320 e. The molecule has 1 aliphatic heterocycles. The van der Waals surface area contributed by atoms with E-state index in [2.05, 4.69) is 15.7 Å². The molecule has 4 N–H and O–H groups in total. The normalized spacial score (nSPS) is 15.5. The van der Waals surface area contributed by atoms with Crippen molar-refractivity contribution in [3.05, 3.63) is 29.8 Å². The summed E-state index contributed by atoms with van der Waals surface area (Å²) in [5.74, 6) is -1.00. The molecule has 1 unspecified atom stereocenters. The fourth-order valence-electron chi connectivity index (χ4n) is 1.70. The van der Waals surface area contributed by atoms with Gasteiger partial charge in [0.2, 0.25) is 0 Å². The van der Waals surface area contributed by atoms with E-state index in [1.807, 2.05) is 31.2 Å². The van der Waals surface area contributed by atoms with Gasteiger partial charge in [0.25, 0.3) is 0 Å². The third-order valence-electron chi connectivity index (χ3n) is 2.93. The summed E-state index contributed by atoms with van der Waals surface area (Å²) in [5.41, 5.74) is 10.9. The average Bonchev–Trinajstić information content (AvgIpc) is 2.48. The maximum absolute atomic E-state index is 10.7. The lowest BCUT2D eigenvalue weighted by Gasteiger charge is -2.21. The number of nitrogens with zero attached hydrogens (tertiary/aromatic N) is 3. The van der Waals surface area contributed by atoms with Crippen LogP contribution in [-0.2, 0) is 11.2 Å². The number of hydrogen-bond acceptors (Lipinski definition) is 6. The topological polar surface area (TPSA) is 103 Å². The van der Waals surface area contributed by atoms with Crippen LogP contribution in [0.15, 0.2) is 34.5 Å². The van der Waals surface area contributed by atoms with Crippen LogP contribution in [0.5, 0.6) is 0 Å². The predicted octanol–water partition coefficient (Wildman–Crippen LogP) is 0.717. The summed E-state index contributed by atoms with van der Waals surface area (Å²) in [6.07, 6.45) is 2.81. The van der Waals surface area contributed by atoms with Crippen molar-refractivity contribution in [2.45, 2.75) is 25.8 Å². The minimum Gasteiger partial charge on any atom is -0.480 e. The van der Waals surface area contributed by atoms with Gasteiger partial charge in [-0.1, -0.05) is 19.1 Å². The molecule has 1 heterocycles. The molecule has 1 aromatic rings. The summed E-state index contributed by atoms with van der Waals surface area (Å²) in [5, 5.41) is 18.7. The van der Waals surface area contributed by atoms with E-state index in [1.165, 1.54) is 0 Å². The molecule has 0 aliphatic carbocycles. The summed E-state index contributed by atoms with van der Waals surface area (Å²) < 4.78 is 0. The average molecular weight is 275 g/mol. The number of hydrazone groups is 2. The lowest BCUT2D eigenvalue weighted by Crippen LogP contribution is -2.34. The van der Waals surface area contributed by atoms with Crippen LogP contribution >= 0.6 is 0 Å². The molecule has 7 heteroatoms. The van der Waals surface area contributed by atoms with Crippen molar-refractivity contribution in [3.8, 4) is 0 Å². The van der Waals surface area contributed by atoms with E-state index in [4.69, 9.17) is 10.8 Å². The first-order valence-electron chi connectivity index (χ1n) is 6.33. The Balaban J connectivity index is 2.01. The zero-order valence-electron chi connectivity index (χ0n) is 11.2. The number of hydrogen-bond donors (Lipinski definition) is 3. The first-order chi connectivity index (χ1) is 9.60. The Morgan fingerprint density at radius 3 is 2.65 bits per heavy atom. The highest BCUT2D eigenvalue weighted by molar-refractivity contribution is 6.30. The third kappa shape index (κ3) is 3.33. The number of aliphatic carboxylic acids is 1. The molecule has 20 heavy (non-hydrogen) atoms. The van der Waals surface area contributed by atoms with E-state index in [0.717, 1.165) is 23.4 Å². The SMILES string of the molecule is CCC1=NNN(c2ccc(CC(N)C(=O)O)cc2)N=C1. The molecule has 0 aromatic heterocycles. The van der Waals surface area contributed by atoms with Crippen molar-refractivity contribution in [1.29, 1.82) is 0 Å². The monoisotopic (exact) mass is 275 g/mol. The predicted molar refractivity (Wildman–Crippen MR) is 77.6 cm³/mol. The van der Waals surface area contributed by atoms with Crippen molar-refractivity contribution in [3.63, 3.8) is 0 Å². The quantitative estimate of drug-likeness (QED) is 0.734. The Bertz CT molecular complexity index is 538.